The van der Waals surface area contributed by atoms with Crippen molar-refractivity contribution in [3.05, 3.63) is 24.0 Å². The predicted molar refractivity (Wildman–Crippen MR) is 124 cm³/mol. The molecular formula is C25H48N2O. The molecule has 3 heteroatoms. The lowest BCUT2D eigenvalue weighted by Crippen LogP contribution is -2.09. The fourth-order valence-electron chi connectivity index (χ4n) is 3.46. The van der Waals surface area contributed by atoms with E-state index >= 15 is 0 Å². The second-order valence-corrected chi connectivity index (χ2v) is 8.11. The van der Waals surface area contributed by atoms with Crippen LogP contribution in [0.25, 0.3) is 0 Å². The van der Waals surface area contributed by atoms with Gasteiger partial charge in [-0.1, -0.05) is 110 Å². The zero-order valence-corrected chi connectivity index (χ0v) is 18.9. The van der Waals surface area contributed by atoms with E-state index < -0.39 is 0 Å². The molecule has 0 radical (unpaired) electrons. The van der Waals surface area contributed by atoms with Gasteiger partial charge in [0.2, 0.25) is 5.91 Å². The molecule has 1 heterocycles. The van der Waals surface area contributed by atoms with Gasteiger partial charge in [-0.15, -0.1) is 0 Å². The molecule has 1 aromatic heterocycles. The highest BCUT2D eigenvalue weighted by molar-refractivity contribution is 5.73. The molecule has 0 aromatic carbocycles. The van der Waals surface area contributed by atoms with Gasteiger partial charge in [0.15, 0.2) is 0 Å². The molecule has 164 valence electrons. The molecule has 28 heavy (non-hydrogen) atoms. The fourth-order valence-corrected chi connectivity index (χ4v) is 3.46. The van der Waals surface area contributed by atoms with Crippen molar-refractivity contribution in [1.29, 1.82) is 0 Å². The van der Waals surface area contributed by atoms with Crippen LogP contribution >= 0.6 is 0 Å². The molecule has 1 amide bonds. The summed E-state index contributed by atoms with van der Waals surface area (Å²) in [5.74, 6) is -0.153. The molecular weight excluding hydrogens is 344 g/mol. The maximum atomic E-state index is 10.6. The number of carbonyl (C=O) groups is 1. The third-order valence-corrected chi connectivity index (χ3v) is 5.21. The Balaban J connectivity index is 0.000000749. The summed E-state index contributed by atoms with van der Waals surface area (Å²) < 4.78 is 0. The lowest BCUT2D eigenvalue weighted by molar-refractivity contribution is -0.118. The van der Waals surface area contributed by atoms with Gasteiger partial charge in [-0.25, -0.2) is 0 Å². The molecule has 0 unspecified atom stereocenters. The number of unbranched alkanes of at least 4 members (excludes halogenated alkanes) is 14. The van der Waals surface area contributed by atoms with Crippen molar-refractivity contribution in [2.24, 2.45) is 5.73 Å². The summed E-state index contributed by atoms with van der Waals surface area (Å²) in [6.45, 7) is 4.46. The van der Waals surface area contributed by atoms with E-state index in [9.17, 15) is 4.79 Å². The van der Waals surface area contributed by atoms with Gasteiger partial charge in [0.1, 0.15) is 0 Å². The lowest BCUT2D eigenvalue weighted by Gasteiger charge is -2.03. The summed E-state index contributed by atoms with van der Waals surface area (Å²) in [5.41, 5.74) is 6.45. The van der Waals surface area contributed by atoms with E-state index in [0.717, 1.165) is 6.42 Å². The second kappa shape index (κ2) is 22.0. The van der Waals surface area contributed by atoms with Crippen LogP contribution in [-0.2, 0) is 11.2 Å². The van der Waals surface area contributed by atoms with Crippen LogP contribution in [0.5, 0.6) is 0 Å². The Labute approximate surface area is 175 Å². The number of hydrogen-bond acceptors (Lipinski definition) is 1. The van der Waals surface area contributed by atoms with Crippen LogP contribution < -0.4 is 5.73 Å². The van der Waals surface area contributed by atoms with Crippen molar-refractivity contribution in [2.75, 3.05) is 0 Å². The van der Waals surface area contributed by atoms with E-state index in [1.54, 1.807) is 0 Å². The molecule has 3 N–H and O–H groups in total. The van der Waals surface area contributed by atoms with E-state index in [1.165, 1.54) is 108 Å². The first kappa shape index (κ1) is 26.8. The number of nitrogens with one attached hydrogen (secondary N) is 1. The number of aryl methyl sites for hydroxylation is 1. The Hall–Kier alpha value is -1.25. The van der Waals surface area contributed by atoms with Gasteiger partial charge in [-0.2, -0.15) is 0 Å². The zero-order valence-electron chi connectivity index (χ0n) is 18.9. The Morgan fingerprint density at radius 3 is 1.57 bits per heavy atom. The topological polar surface area (TPSA) is 58.9 Å². The van der Waals surface area contributed by atoms with Crippen LogP contribution in [-0.4, -0.2) is 10.9 Å². The number of primary amides is 1. The van der Waals surface area contributed by atoms with Crippen LogP contribution in [0.3, 0.4) is 0 Å². The van der Waals surface area contributed by atoms with E-state index in [1.807, 2.05) is 12.3 Å². The lowest BCUT2D eigenvalue weighted by atomic mass is 10.0. The number of aromatic amines is 1. The molecule has 0 saturated heterocycles. The zero-order chi connectivity index (χ0) is 20.7. The van der Waals surface area contributed by atoms with E-state index in [-0.39, 0.29) is 5.91 Å². The molecule has 0 aliphatic carbocycles. The summed E-state index contributed by atoms with van der Waals surface area (Å²) in [4.78, 5) is 13.7. The fraction of sp³-hybridized carbons (Fsp3) is 0.800. The monoisotopic (exact) mass is 392 g/mol. The SMILES string of the molecule is CCCCCCCCCCCCCCCCCC(N)=O.CCCc1ccc[nH]1. The quantitative estimate of drug-likeness (QED) is 0.247. The molecule has 1 rings (SSSR count). The van der Waals surface area contributed by atoms with Crippen LogP contribution in [0.2, 0.25) is 0 Å². The number of H-pyrrole nitrogens is 1. The minimum absolute atomic E-state index is 0.153. The number of aromatic nitrogens is 1. The van der Waals surface area contributed by atoms with Crippen LogP contribution in [0.1, 0.15) is 129 Å². The molecule has 0 saturated carbocycles. The molecule has 0 fully saturated rings. The highest BCUT2D eigenvalue weighted by atomic mass is 16.1. The Morgan fingerprint density at radius 2 is 1.21 bits per heavy atom. The highest BCUT2D eigenvalue weighted by Gasteiger charge is 1.96. The van der Waals surface area contributed by atoms with Gasteiger partial charge >= 0.3 is 0 Å². The maximum absolute atomic E-state index is 10.6. The molecule has 1 aromatic rings. The second-order valence-electron chi connectivity index (χ2n) is 8.11. The van der Waals surface area contributed by atoms with Gasteiger partial charge in [-0.05, 0) is 25.0 Å². The molecule has 0 aliphatic rings. The first-order chi connectivity index (χ1) is 13.7. The van der Waals surface area contributed by atoms with Crippen LogP contribution in [0.15, 0.2) is 18.3 Å². The highest BCUT2D eigenvalue weighted by Crippen LogP contribution is 2.13. The average molecular weight is 393 g/mol. The van der Waals surface area contributed by atoms with Crippen molar-refractivity contribution in [3.63, 3.8) is 0 Å². The minimum atomic E-state index is -0.153. The number of hydrogen-bond donors (Lipinski definition) is 2. The number of rotatable bonds is 18. The largest absolute Gasteiger partial charge is 0.370 e. The number of nitrogens with two attached hydrogens (primary N) is 1. The maximum Gasteiger partial charge on any atom is 0.217 e. The van der Waals surface area contributed by atoms with E-state index in [4.69, 9.17) is 5.73 Å². The van der Waals surface area contributed by atoms with Gasteiger partial charge in [0.05, 0.1) is 0 Å². The van der Waals surface area contributed by atoms with Crippen molar-refractivity contribution >= 4 is 5.91 Å². The summed E-state index contributed by atoms with van der Waals surface area (Å²) >= 11 is 0. The first-order valence-corrected chi connectivity index (χ1v) is 12.1. The predicted octanol–water partition coefficient (Wildman–Crippen LogP) is 7.70. The first-order valence-electron chi connectivity index (χ1n) is 12.1. The van der Waals surface area contributed by atoms with E-state index in [0.29, 0.717) is 6.42 Å². The van der Waals surface area contributed by atoms with Crippen LogP contribution in [0.4, 0.5) is 0 Å². The van der Waals surface area contributed by atoms with Gasteiger partial charge < -0.3 is 10.7 Å². The smallest absolute Gasteiger partial charge is 0.217 e. The molecule has 0 atom stereocenters. The van der Waals surface area contributed by atoms with Crippen molar-refractivity contribution in [1.82, 2.24) is 4.98 Å². The van der Waals surface area contributed by atoms with Crippen LogP contribution in [0, 0.1) is 0 Å². The van der Waals surface area contributed by atoms with Crippen molar-refractivity contribution in [2.45, 2.75) is 129 Å². The summed E-state index contributed by atoms with van der Waals surface area (Å²) in [6, 6.07) is 4.15. The van der Waals surface area contributed by atoms with Crippen molar-refractivity contribution < 1.29 is 4.79 Å². The van der Waals surface area contributed by atoms with Gasteiger partial charge in [-0.3, -0.25) is 4.79 Å². The summed E-state index contributed by atoms with van der Waals surface area (Å²) in [6.07, 6.45) is 25.2. The van der Waals surface area contributed by atoms with Crippen molar-refractivity contribution in [3.8, 4) is 0 Å². The standard InChI is InChI=1S/C18H37NO.C7H11N/c1-2-3-4-5-6-7-8-9-10-11-12-13-14-15-16-17-18(19)20;1-2-4-7-5-3-6-8-7/h2-17H2,1H3,(H2,19,20);3,5-6,8H,2,4H2,1H3. The minimum Gasteiger partial charge on any atom is -0.370 e. The summed E-state index contributed by atoms with van der Waals surface area (Å²) in [7, 11) is 0. The normalized spacial score (nSPS) is 10.5. The third-order valence-electron chi connectivity index (χ3n) is 5.21. The Kier molecular flexibility index (Phi) is 21.1. The summed E-state index contributed by atoms with van der Waals surface area (Å²) in [5, 5.41) is 0. The van der Waals surface area contributed by atoms with E-state index in [2.05, 4.69) is 24.9 Å². The average Bonchev–Trinajstić information content (AvgIpc) is 3.19. The molecule has 3 nitrogen and oxygen atoms in total. The number of amides is 1. The Morgan fingerprint density at radius 1 is 0.750 bits per heavy atom. The number of carbonyl (C=O) groups excluding carboxylic acids is 1. The van der Waals surface area contributed by atoms with Gasteiger partial charge in [0, 0.05) is 18.3 Å². The molecule has 0 spiro atoms. The Bertz CT molecular complexity index is 414. The third kappa shape index (κ3) is 21.1. The molecule has 0 bridgehead atoms. The molecule has 0 aliphatic heterocycles. The van der Waals surface area contributed by atoms with Gasteiger partial charge in [0.25, 0.3) is 0 Å².